The second-order valence-corrected chi connectivity index (χ2v) is 6.95. The molecule has 1 aliphatic carbocycles. The van der Waals surface area contributed by atoms with E-state index in [2.05, 4.69) is 40.5 Å². The number of nitrogens with one attached hydrogen (secondary N) is 1. The molecule has 2 aromatic rings. The van der Waals surface area contributed by atoms with Crippen LogP contribution < -0.4 is 5.43 Å². The van der Waals surface area contributed by atoms with Gasteiger partial charge in [-0.1, -0.05) is 31.4 Å². The lowest BCUT2D eigenvalue weighted by Gasteiger charge is -2.30. The Morgan fingerprint density at radius 3 is 2.68 bits per heavy atom. The van der Waals surface area contributed by atoms with Crippen LogP contribution in [0.4, 0.5) is 0 Å². The molecule has 1 atom stereocenters. The predicted octanol–water partition coefficient (Wildman–Crippen LogP) is 4.47. The number of aromatic nitrogens is 2. The van der Waals surface area contributed by atoms with Gasteiger partial charge >= 0.3 is 0 Å². The van der Waals surface area contributed by atoms with Crippen molar-refractivity contribution in [3.63, 3.8) is 0 Å². The molecule has 1 aliphatic heterocycles. The number of aryl methyl sites for hydroxylation is 1. The van der Waals surface area contributed by atoms with Crippen LogP contribution in [-0.2, 0) is 0 Å². The smallest absolute Gasteiger partial charge is 0.0935 e. The molecule has 128 valence electrons. The van der Waals surface area contributed by atoms with E-state index in [1.54, 1.807) is 0 Å². The normalized spacial score (nSPS) is 20.8. The second-order valence-electron chi connectivity index (χ2n) is 6.95. The average molecular weight is 332 g/mol. The first-order valence-corrected chi connectivity index (χ1v) is 9.24. The summed E-state index contributed by atoms with van der Waals surface area (Å²) < 4.78 is 0. The monoisotopic (exact) mass is 332 g/mol. The standard InChI is InChI=1S/C21H24N4/c1-15-11-12-19(23-14-15)21-17-9-5-3-2-4-8-16(17)20(24-25-21)18-10-6-7-13-22-18/h6-7,10-14,16,25H,2-5,8-9H2,1H3. The molecule has 1 fully saturated rings. The van der Waals surface area contributed by atoms with Gasteiger partial charge in [0, 0.05) is 18.3 Å². The fourth-order valence-electron chi connectivity index (χ4n) is 3.82. The van der Waals surface area contributed by atoms with Crippen LogP contribution in [0.15, 0.2) is 53.4 Å². The third-order valence-corrected chi connectivity index (χ3v) is 5.14. The highest BCUT2D eigenvalue weighted by Crippen LogP contribution is 2.36. The van der Waals surface area contributed by atoms with Crippen molar-refractivity contribution in [1.29, 1.82) is 0 Å². The molecule has 0 spiro atoms. The number of hydrogen-bond acceptors (Lipinski definition) is 4. The molecular weight excluding hydrogens is 308 g/mol. The van der Waals surface area contributed by atoms with E-state index in [1.165, 1.54) is 36.8 Å². The third-order valence-electron chi connectivity index (χ3n) is 5.14. The Bertz CT molecular complexity index is 790. The molecule has 0 aromatic carbocycles. The summed E-state index contributed by atoms with van der Waals surface area (Å²) in [5, 5.41) is 4.74. The lowest BCUT2D eigenvalue weighted by molar-refractivity contribution is 0.521. The minimum Gasteiger partial charge on any atom is -0.276 e. The van der Waals surface area contributed by atoms with Crippen LogP contribution in [-0.4, -0.2) is 15.7 Å². The van der Waals surface area contributed by atoms with Gasteiger partial charge in [0.25, 0.3) is 0 Å². The molecule has 2 aromatic heterocycles. The van der Waals surface area contributed by atoms with Gasteiger partial charge in [-0.25, -0.2) is 0 Å². The summed E-state index contributed by atoms with van der Waals surface area (Å²) in [6.07, 6.45) is 11.1. The van der Waals surface area contributed by atoms with E-state index in [4.69, 9.17) is 5.10 Å². The summed E-state index contributed by atoms with van der Waals surface area (Å²) in [5.74, 6) is 0.342. The average Bonchev–Trinajstić information content (AvgIpc) is 2.63. The van der Waals surface area contributed by atoms with Gasteiger partial charge in [0.05, 0.1) is 22.8 Å². The van der Waals surface area contributed by atoms with Crippen LogP contribution in [0.3, 0.4) is 0 Å². The molecule has 3 heterocycles. The van der Waals surface area contributed by atoms with Gasteiger partial charge in [0.15, 0.2) is 0 Å². The summed E-state index contributed by atoms with van der Waals surface area (Å²) in [5.41, 5.74) is 10.1. The van der Waals surface area contributed by atoms with E-state index >= 15 is 0 Å². The maximum Gasteiger partial charge on any atom is 0.0935 e. The largest absolute Gasteiger partial charge is 0.276 e. The fraction of sp³-hybridized carbons (Fsp3) is 0.381. The zero-order chi connectivity index (χ0) is 17.1. The number of hydrogen-bond donors (Lipinski definition) is 1. The van der Waals surface area contributed by atoms with E-state index in [9.17, 15) is 0 Å². The van der Waals surface area contributed by atoms with Crippen LogP contribution in [0.5, 0.6) is 0 Å². The van der Waals surface area contributed by atoms with Crippen molar-refractivity contribution in [1.82, 2.24) is 15.4 Å². The Morgan fingerprint density at radius 2 is 1.88 bits per heavy atom. The molecule has 1 saturated carbocycles. The Hall–Kier alpha value is -2.49. The highest BCUT2D eigenvalue weighted by molar-refractivity contribution is 6.04. The topological polar surface area (TPSA) is 50.2 Å². The van der Waals surface area contributed by atoms with Crippen LogP contribution in [0, 0.1) is 12.8 Å². The number of nitrogens with zero attached hydrogens (tertiary/aromatic N) is 3. The highest BCUT2D eigenvalue weighted by Gasteiger charge is 2.30. The Morgan fingerprint density at radius 1 is 0.960 bits per heavy atom. The van der Waals surface area contributed by atoms with Gasteiger partial charge < -0.3 is 0 Å². The van der Waals surface area contributed by atoms with Gasteiger partial charge in [-0.15, -0.1) is 0 Å². The maximum atomic E-state index is 4.74. The van der Waals surface area contributed by atoms with Crippen molar-refractivity contribution in [2.24, 2.45) is 11.0 Å². The molecule has 4 nitrogen and oxygen atoms in total. The Kier molecular flexibility index (Phi) is 4.59. The van der Waals surface area contributed by atoms with Gasteiger partial charge in [-0.3, -0.25) is 15.4 Å². The lowest BCUT2D eigenvalue weighted by Crippen LogP contribution is -2.30. The van der Waals surface area contributed by atoms with E-state index in [0.29, 0.717) is 5.92 Å². The van der Waals surface area contributed by atoms with Crippen molar-refractivity contribution in [2.45, 2.75) is 45.4 Å². The van der Waals surface area contributed by atoms with Crippen LogP contribution >= 0.6 is 0 Å². The van der Waals surface area contributed by atoms with E-state index < -0.39 is 0 Å². The summed E-state index contributed by atoms with van der Waals surface area (Å²) in [7, 11) is 0. The minimum absolute atomic E-state index is 0.342. The number of fused-ring (bicyclic) bond motifs is 1. The molecular formula is C21H24N4. The van der Waals surface area contributed by atoms with Gasteiger partial charge in [0.2, 0.25) is 0 Å². The van der Waals surface area contributed by atoms with Gasteiger partial charge in [-0.2, -0.15) is 5.10 Å². The molecule has 2 aliphatic rings. The molecule has 4 heteroatoms. The highest BCUT2D eigenvalue weighted by atomic mass is 15.3. The van der Waals surface area contributed by atoms with E-state index in [-0.39, 0.29) is 0 Å². The zero-order valence-electron chi connectivity index (χ0n) is 14.7. The molecule has 0 amide bonds. The number of rotatable bonds is 2. The molecule has 25 heavy (non-hydrogen) atoms. The van der Waals surface area contributed by atoms with Gasteiger partial charge in [-0.05, 0) is 55.5 Å². The second kappa shape index (κ2) is 7.18. The van der Waals surface area contributed by atoms with Crippen molar-refractivity contribution in [3.8, 4) is 0 Å². The number of hydrazone groups is 1. The van der Waals surface area contributed by atoms with Crippen LogP contribution in [0.25, 0.3) is 5.70 Å². The Balaban J connectivity index is 1.76. The third kappa shape index (κ3) is 3.34. The zero-order valence-corrected chi connectivity index (χ0v) is 14.7. The molecule has 1 unspecified atom stereocenters. The number of allylic oxidation sites excluding steroid dienone is 1. The SMILES string of the molecule is Cc1ccc(C2=C3CCCCCCC3C(c3ccccn3)=NN2)nc1. The summed E-state index contributed by atoms with van der Waals surface area (Å²) in [4.78, 5) is 9.19. The van der Waals surface area contributed by atoms with E-state index in [1.807, 2.05) is 24.5 Å². The van der Waals surface area contributed by atoms with E-state index in [0.717, 1.165) is 35.6 Å². The molecule has 1 N–H and O–H groups in total. The first-order valence-electron chi connectivity index (χ1n) is 9.24. The van der Waals surface area contributed by atoms with Crippen molar-refractivity contribution >= 4 is 11.4 Å². The van der Waals surface area contributed by atoms with Crippen LogP contribution in [0.2, 0.25) is 0 Å². The lowest BCUT2D eigenvalue weighted by atomic mass is 9.80. The summed E-state index contributed by atoms with van der Waals surface area (Å²) in [6, 6.07) is 10.3. The minimum atomic E-state index is 0.342. The fourth-order valence-corrected chi connectivity index (χ4v) is 3.82. The first-order chi connectivity index (χ1) is 12.3. The number of pyridine rings is 2. The summed E-state index contributed by atoms with van der Waals surface area (Å²) >= 11 is 0. The van der Waals surface area contributed by atoms with Crippen molar-refractivity contribution < 1.29 is 0 Å². The maximum absolute atomic E-state index is 4.74. The molecule has 0 radical (unpaired) electrons. The van der Waals surface area contributed by atoms with Crippen molar-refractivity contribution in [3.05, 3.63) is 65.2 Å². The molecule has 4 rings (SSSR count). The van der Waals surface area contributed by atoms with Gasteiger partial charge in [0.1, 0.15) is 0 Å². The van der Waals surface area contributed by atoms with Crippen LogP contribution in [0.1, 0.15) is 55.5 Å². The Labute approximate surface area is 149 Å². The first kappa shape index (κ1) is 16.0. The quantitative estimate of drug-likeness (QED) is 0.882. The summed E-state index contributed by atoms with van der Waals surface area (Å²) in [6.45, 7) is 2.07. The molecule has 0 saturated heterocycles. The molecule has 0 bridgehead atoms. The van der Waals surface area contributed by atoms with Crippen molar-refractivity contribution in [2.75, 3.05) is 0 Å². The predicted molar refractivity (Wildman–Crippen MR) is 101 cm³/mol.